The first-order chi connectivity index (χ1) is 9.98. The lowest BCUT2D eigenvalue weighted by Crippen LogP contribution is -2.51. The molecule has 0 spiro atoms. The molecule has 2 amide bonds. The molecule has 1 aromatic rings. The number of rotatable bonds is 4. The van der Waals surface area contributed by atoms with E-state index in [4.69, 9.17) is 0 Å². The zero-order valence-corrected chi connectivity index (χ0v) is 13.1. The van der Waals surface area contributed by atoms with E-state index in [0.717, 1.165) is 24.9 Å². The van der Waals surface area contributed by atoms with Crippen molar-refractivity contribution < 1.29 is 9.59 Å². The molecule has 1 aliphatic heterocycles. The number of benzene rings is 1. The highest BCUT2D eigenvalue weighted by molar-refractivity contribution is 6.11. The summed E-state index contributed by atoms with van der Waals surface area (Å²) in [6, 6.07) is 7.95. The lowest BCUT2D eigenvalue weighted by atomic mass is 9.88. The maximum absolute atomic E-state index is 12.9. The molecule has 0 fully saturated rings. The van der Waals surface area contributed by atoms with Crippen molar-refractivity contribution >= 4 is 17.5 Å². The predicted molar refractivity (Wildman–Crippen MR) is 84.2 cm³/mol. The maximum atomic E-state index is 12.9. The van der Waals surface area contributed by atoms with Crippen LogP contribution in [0.25, 0.3) is 0 Å². The van der Waals surface area contributed by atoms with E-state index in [1.807, 2.05) is 25.1 Å². The van der Waals surface area contributed by atoms with Gasteiger partial charge >= 0.3 is 0 Å². The average Bonchev–Trinajstić information content (AvgIpc) is 2.51. The Labute approximate surface area is 126 Å². The number of carbonyl (C=O) groups is 2. The van der Waals surface area contributed by atoms with Crippen LogP contribution >= 0.6 is 0 Å². The topological polar surface area (TPSA) is 49.4 Å². The second-order valence-corrected chi connectivity index (χ2v) is 6.07. The molecule has 21 heavy (non-hydrogen) atoms. The highest BCUT2D eigenvalue weighted by Crippen LogP contribution is 2.31. The number of carbonyl (C=O) groups excluding carboxylic acids is 2. The van der Waals surface area contributed by atoms with Crippen molar-refractivity contribution in [1.82, 2.24) is 5.32 Å². The molecule has 0 radical (unpaired) electrons. The molecule has 1 aromatic carbocycles. The van der Waals surface area contributed by atoms with Crippen molar-refractivity contribution in [3.8, 4) is 0 Å². The van der Waals surface area contributed by atoms with E-state index in [1.165, 1.54) is 5.56 Å². The molecular weight excluding hydrogens is 264 g/mol. The van der Waals surface area contributed by atoms with Gasteiger partial charge in [-0.05, 0) is 44.7 Å². The molecule has 114 valence electrons. The van der Waals surface area contributed by atoms with Gasteiger partial charge in [-0.1, -0.05) is 25.1 Å². The summed E-state index contributed by atoms with van der Waals surface area (Å²) in [5.74, 6) is -0.319. The fraction of sp³-hybridized carbons (Fsp3) is 0.529. The highest BCUT2D eigenvalue weighted by atomic mass is 16.2. The number of para-hydroxylation sites is 1. The van der Waals surface area contributed by atoms with Crippen LogP contribution in [-0.2, 0) is 16.0 Å². The largest absolute Gasteiger partial charge is 0.355 e. The fourth-order valence-corrected chi connectivity index (χ4v) is 2.64. The number of nitrogens with zero attached hydrogens (tertiary/aromatic N) is 1. The zero-order valence-electron chi connectivity index (χ0n) is 13.1. The number of hydrogen-bond acceptors (Lipinski definition) is 2. The lowest BCUT2D eigenvalue weighted by molar-refractivity contribution is -0.139. The first kappa shape index (κ1) is 15.5. The van der Waals surface area contributed by atoms with Crippen molar-refractivity contribution in [1.29, 1.82) is 0 Å². The number of aryl methyl sites for hydroxylation is 1. The number of nitrogens with one attached hydrogen (secondary N) is 1. The van der Waals surface area contributed by atoms with Crippen LogP contribution in [0.4, 0.5) is 5.69 Å². The smallest absolute Gasteiger partial charge is 0.242 e. The van der Waals surface area contributed by atoms with Gasteiger partial charge in [-0.15, -0.1) is 0 Å². The van der Waals surface area contributed by atoms with E-state index in [-0.39, 0.29) is 11.8 Å². The molecule has 4 nitrogen and oxygen atoms in total. The Kier molecular flexibility index (Phi) is 4.66. The summed E-state index contributed by atoms with van der Waals surface area (Å²) in [6.45, 7) is 6.69. The van der Waals surface area contributed by atoms with Gasteiger partial charge in [-0.3, -0.25) is 9.59 Å². The summed E-state index contributed by atoms with van der Waals surface area (Å²) in [4.78, 5) is 26.9. The highest BCUT2D eigenvalue weighted by Gasteiger charge is 2.40. The molecule has 0 aliphatic carbocycles. The predicted octanol–water partition coefficient (Wildman–Crippen LogP) is 2.52. The molecule has 1 N–H and O–H groups in total. The van der Waals surface area contributed by atoms with Gasteiger partial charge in [0.1, 0.15) is 5.41 Å². The van der Waals surface area contributed by atoms with Crippen LogP contribution in [0.1, 0.15) is 39.2 Å². The number of amides is 2. The van der Waals surface area contributed by atoms with Crippen LogP contribution in [0.15, 0.2) is 24.3 Å². The molecule has 4 heteroatoms. The lowest BCUT2D eigenvalue weighted by Gasteiger charge is -2.35. The van der Waals surface area contributed by atoms with Crippen molar-refractivity contribution in [2.45, 2.75) is 40.0 Å². The van der Waals surface area contributed by atoms with Gasteiger partial charge in [-0.2, -0.15) is 0 Å². The minimum atomic E-state index is -1.04. The normalized spacial score (nSPS) is 14.5. The Hall–Kier alpha value is -1.84. The Balaban J connectivity index is 2.22. The molecule has 1 aliphatic rings. The SMILES string of the molecule is CCCNC(=O)C(C)(C)C(=O)N1CCCc2ccccc21. The summed E-state index contributed by atoms with van der Waals surface area (Å²) >= 11 is 0. The summed E-state index contributed by atoms with van der Waals surface area (Å²) in [7, 11) is 0. The summed E-state index contributed by atoms with van der Waals surface area (Å²) in [5, 5.41) is 2.83. The molecule has 0 saturated carbocycles. The summed E-state index contributed by atoms with van der Waals surface area (Å²) in [6.07, 6.45) is 2.79. The van der Waals surface area contributed by atoms with Gasteiger partial charge in [0.25, 0.3) is 0 Å². The summed E-state index contributed by atoms with van der Waals surface area (Å²) < 4.78 is 0. The van der Waals surface area contributed by atoms with Crippen molar-refractivity contribution in [3.05, 3.63) is 29.8 Å². The monoisotopic (exact) mass is 288 g/mol. The number of hydrogen-bond donors (Lipinski definition) is 1. The maximum Gasteiger partial charge on any atom is 0.242 e. The quantitative estimate of drug-likeness (QED) is 0.866. The van der Waals surface area contributed by atoms with Gasteiger partial charge in [-0.25, -0.2) is 0 Å². The molecule has 0 saturated heterocycles. The van der Waals surface area contributed by atoms with E-state index in [2.05, 4.69) is 11.4 Å². The van der Waals surface area contributed by atoms with Crippen molar-refractivity contribution in [3.63, 3.8) is 0 Å². The van der Waals surface area contributed by atoms with Gasteiger partial charge in [0, 0.05) is 18.8 Å². The molecular formula is C17H24N2O2. The van der Waals surface area contributed by atoms with Gasteiger partial charge in [0.15, 0.2) is 0 Å². The Morgan fingerprint density at radius 3 is 2.71 bits per heavy atom. The third kappa shape index (κ3) is 3.09. The molecule has 0 bridgehead atoms. The van der Waals surface area contributed by atoms with E-state index >= 15 is 0 Å². The third-order valence-corrected chi connectivity index (χ3v) is 3.99. The van der Waals surface area contributed by atoms with E-state index in [1.54, 1.807) is 18.7 Å². The van der Waals surface area contributed by atoms with Crippen LogP contribution in [-0.4, -0.2) is 24.9 Å². The van der Waals surface area contributed by atoms with Crippen LogP contribution in [0, 0.1) is 5.41 Å². The van der Waals surface area contributed by atoms with Crippen LogP contribution in [0.2, 0.25) is 0 Å². The average molecular weight is 288 g/mol. The molecule has 0 atom stereocenters. The second-order valence-electron chi connectivity index (χ2n) is 6.07. The van der Waals surface area contributed by atoms with E-state index in [0.29, 0.717) is 13.1 Å². The molecule has 1 heterocycles. The first-order valence-electron chi connectivity index (χ1n) is 7.66. The minimum Gasteiger partial charge on any atom is -0.355 e. The van der Waals surface area contributed by atoms with Crippen LogP contribution in [0.5, 0.6) is 0 Å². The van der Waals surface area contributed by atoms with E-state index < -0.39 is 5.41 Å². The van der Waals surface area contributed by atoms with Crippen molar-refractivity contribution in [2.75, 3.05) is 18.0 Å². The molecule has 0 aromatic heterocycles. The second kappa shape index (κ2) is 6.29. The number of anilines is 1. The van der Waals surface area contributed by atoms with Crippen LogP contribution < -0.4 is 10.2 Å². The Morgan fingerprint density at radius 1 is 1.29 bits per heavy atom. The third-order valence-electron chi connectivity index (χ3n) is 3.99. The fourth-order valence-electron chi connectivity index (χ4n) is 2.64. The molecule has 2 rings (SSSR count). The van der Waals surface area contributed by atoms with Crippen molar-refractivity contribution in [2.24, 2.45) is 5.41 Å². The standard InChI is InChI=1S/C17H24N2O2/c1-4-11-18-15(20)17(2,3)16(21)19-12-7-9-13-8-5-6-10-14(13)19/h5-6,8,10H,4,7,9,11-12H2,1-3H3,(H,18,20). The first-order valence-corrected chi connectivity index (χ1v) is 7.66. The van der Waals surface area contributed by atoms with Gasteiger partial charge in [0.2, 0.25) is 11.8 Å². The zero-order chi connectivity index (χ0) is 15.5. The molecule has 0 unspecified atom stereocenters. The number of fused-ring (bicyclic) bond motifs is 1. The van der Waals surface area contributed by atoms with E-state index in [9.17, 15) is 9.59 Å². The van der Waals surface area contributed by atoms with Gasteiger partial charge in [0.05, 0.1) is 0 Å². The Bertz CT molecular complexity index is 537. The summed E-state index contributed by atoms with van der Waals surface area (Å²) in [5.41, 5.74) is 1.09. The Morgan fingerprint density at radius 2 is 2.00 bits per heavy atom. The van der Waals surface area contributed by atoms with Crippen LogP contribution in [0.3, 0.4) is 0 Å². The minimum absolute atomic E-state index is 0.122. The van der Waals surface area contributed by atoms with Gasteiger partial charge < -0.3 is 10.2 Å².